The van der Waals surface area contributed by atoms with Gasteiger partial charge in [-0.3, -0.25) is 18.8 Å². The van der Waals surface area contributed by atoms with E-state index in [1.807, 2.05) is 10.4 Å². The molecule has 14 nitrogen and oxygen atoms in total. The smallest absolute Gasteiger partial charge is 0.461 e. The molecule has 1 saturated heterocycles. The molecule has 6 atom stereocenters. The van der Waals surface area contributed by atoms with Gasteiger partial charge in [0.2, 0.25) is 0 Å². The molecule has 1 aromatic heterocycles. The average molecular weight is 573 g/mol. The summed E-state index contributed by atoms with van der Waals surface area (Å²) in [7, 11) is -4.57. The van der Waals surface area contributed by atoms with Crippen molar-refractivity contribution in [1.29, 1.82) is 0 Å². The third-order valence-corrected chi connectivity index (χ3v) is 6.67. The number of carbonyl (C=O) groups excluding carboxylic acids is 1. The molecular formula is C22H26ClN4O10P. The highest BCUT2D eigenvalue weighted by atomic mass is 35.5. The Morgan fingerprint density at radius 2 is 2.03 bits per heavy atom. The molecule has 0 amide bonds. The fraction of sp³-hybridized carbons (Fsp3) is 0.455. The van der Waals surface area contributed by atoms with Crippen LogP contribution in [0.4, 0.5) is 0 Å². The van der Waals surface area contributed by atoms with Crippen LogP contribution in [0, 0.1) is 11.3 Å². The predicted octanol–water partition coefficient (Wildman–Crippen LogP) is 0.648. The number of aliphatic hydroxyl groups excluding tert-OH is 1. The third-order valence-electron chi connectivity index (χ3n) is 5.11. The van der Waals surface area contributed by atoms with E-state index in [4.69, 9.17) is 40.4 Å². The minimum absolute atomic E-state index is 0.0937. The van der Waals surface area contributed by atoms with Gasteiger partial charge in [-0.1, -0.05) is 24.1 Å². The number of para-hydroxylation sites is 1. The molecule has 0 radical (unpaired) electrons. The number of ether oxygens (including phenoxy) is 2. The summed E-state index contributed by atoms with van der Waals surface area (Å²) >= 11 is 5.53. The van der Waals surface area contributed by atoms with Crippen LogP contribution < -0.4 is 21.5 Å². The molecule has 0 saturated carbocycles. The van der Waals surface area contributed by atoms with Gasteiger partial charge in [0.1, 0.15) is 24.2 Å². The summed E-state index contributed by atoms with van der Waals surface area (Å²) in [6.45, 7) is 3.87. The summed E-state index contributed by atoms with van der Waals surface area (Å²) in [4.78, 5) is 38.0. The fourth-order valence-electron chi connectivity index (χ4n) is 3.36. The lowest BCUT2D eigenvalue weighted by Crippen LogP contribution is -2.55. The largest absolute Gasteiger partial charge is 0.530 e. The van der Waals surface area contributed by atoms with Gasteiger partial charge in [-0.25, -0.2) is 14.2 Å². The summed E-state index contributed by atoms with van der Waals surface area (Å²) in [5.41, 5.74) is 2.45. The van der Waals surface area contributed by atoms with Crippen molar-refractivity contribution in [3.63, 3.8) is 0 Å². The quantitative estimate of drug-likeness (QED) is 0.205. The first-order valence-corrected chi connectivity index (χ1v) is 13.0. The second kappa shape index (κ2) is 12.2. The van der Waals surface area contributed by atoms with Crippen LogP contribution in [0.2, 0.25) is 0 Å². The maximum Gasteiger partial charge on any atom is 0.530 e. The zero-order valence-corrected chi connectivity index (χ0v) is 22.1. The van der Waals surface area contributed by atoms with Crippen LogP contribution in [-0.4, -0.2) is 62.4 Å². The number of phosphoric ester groups is 1. The van der Waals surface area contributed by atoms with E-state index in [2.05, 4.69) is 11.0 Å². The number of hydrogen-bond donors (Lipinski definition) is 3. The van der Waals surface area contributed by atoms with Crippen molar-refractivity contribution >= 4 is 25.4 Å². The number of H-pyrrole nitrogens is 1. The first-order chi connectivity index (χ1) is 17.9. The van der Waals surface area contributed by atoms with E-state index in [0.29, 0.717) is 4.68 Å². The molecule has 0 bridgehead atoms. The summed E-state index contributed by atoms with van der Waals surface area (Å²) in [5.74, 6) is 1.65. The zero-order valence-electron chi connectivity index (χ0n) is 20.5. The molecule has 1 aromatic carbocycles. The summed E-state index contributed by atoms with van der Waals surface area (Å²) in [6.07, 6.45) is -5.63. The van der Waals surface area contributed by atoms with Crippen LogP contribution >= 0.6 is 19.4 Å². The van der Waals surface area contributed by atoms with Gasteiger partial charge in [-0.15, -0.1) is 0 Å². The number of aromatic nitrogens is 3. The maximum atomic E-state index is 13.6. The van der Waals surface area contributed by atoms with Crippen molar-refractivity contribution in [2.24, 2.45) is 5.73 Å². The Morgan fingerprint density at radius 3 is 2.63 bits per heavy atom. The molecule has 1 aliphatic heterocycles. The highest BCUT2D eigenvalue weighted by Crippen LogP contribution is 2.51. The Balaban J connectivity index is 1.86. The van der Waals surface area contributed by atoms with E-state index in [0.717, 1.165) is 6.20 Å². The monoisotopic (exact) mass is 572 g/mol. The van der Waals surface area contributed by atoms with Gasteiger partial charge < -0.3 is 24.8 Å². The number of halogens is 1. The lowest BCUT2D eigenvalue weighted by atomic mass is 9.92. The topological polar surface area (TPSA) is 194 Å². The molecule has 3 rings (SSSR count). The van der Waals surface area contributed by atoms with Crippen molar-refractivity contribution in [1.82, 2.24) is 14.8 Å². The number of nitrogens with zero attached hydrogens (tertiary/aromatic N) is 2. The number of hydrogen-bond acceptors (Lipinski definition) is 12. The first-order valence-electron chi connectivity index (χ1n) is 11.2. The van der Waals surface area contributed by atoms with Crippen LogP contribution in [0.1, 0.15) is 27.0 Å². The van der Waals surface area contributed by atoms with Gasteiger partial charge in [0.25, 0.3) is 5.56 Å². The van der Waals surface area contributed by atoms with Crippen LogP contribution in [0.5, 0.6) is 5.75 Å². The Kier molecular flexibility index (Phi) is 9.50. The van der Waals surface area contributed by atoms with Crippen molar-refractivity contribution in [2.75, 3.05) is 6.61 Å². The molecule has 1 fully saturated rings. The third kappa shape index (κ3) is 6.89. The molecule has 2 aromatic rings. The number of rotatable bonds is 10. The normalized spacial score (nSPS) is 25.2. The molecular weight excluding hydrogens is 547 g/mol. The lowest BCUT2D eigenvalue weighted by molar-refractivity contribution is -0.156. The van der Waals surface area contributed by atoms with Crippen LogP contribution in [0.25, 0.3) is 0 Å². The summed E-state index contributed by atoms with van der Waals surface area (Å²) in [5, 5.41) is 16.6. The molecule has 1 unspecified atom stereocenters. The Labute approximate surface area is 221 Å². The second-order valence-corrected chi connectivity index (χ2v) is 10.1. The SMILES string of the molecule is CC(C)OC(=O)[C@H](C)O[P@](=O)(OC[C@H]1O[C@@H](n2ncc(=O)[nH]c2=O)C(N)(C#CCl)[C@H]1O)Oc1ccccc1. The van der Waals surface area contributed by atoms with Gasteiger partial charge in [0.15, 0.2) is 17.9 Å². The van der Waals surface area contributed by atoms with Gasteiger partial charge in [-0.2, -0.15) is 9.78 Å². The van der Waals surface area contributed by atoms with Gasteiger partial charge >= 0.3 is 19.5 Å². The molecule has 16 heteroatoms. The highest BCUT2D eigenvalue weighted by molar-refractivity contribution is 7.49. The zero-order chi connectivity index (χ0) is 28.1. The van der Waals surface area contributed by atoms with Crippen molar-refractivity contribution in [3.8, 4) is 17.0 Å². The van der Waals surface area contributed by atoms with Crippen LogP contribution in [-0.2, 0) is 27.9 Å². The summed E-state index contributed by atoms with van der Waals surface area (Å²) < 4.78 is 41.2. The number of aromatic amines is 1. The molecule has 2 heterocycles. The molecule has 0 spiro atoms. The number of nitrogens with one attached hydrogen (secondary N) is 1. The van der Waals surface area contributed by atoms with E-state index < -0.39 is 67.8 Å². The Hall–Kier alpha value is -3.02. The first kappa shape index (κ1) is 29.5. The van der Waals surface area contributed by atoms with Gasteiger partial charge in [0, 0.05) is 5.38 Å². The average Bonchev–Trinajstić information content (AvgIpc) is 3.08. The van der Waals surface area contributed by atoms with E-state index in [-0.39, 0.29) is 5.75 Å². The molecule has 0 aliphatic carbocycles. The minimum Gasteiger partial charge on any atom is -0.461 e. The molecule has 38 heavy (non-hydrogen) atoms. The number of carbonyl (C=O) groups is 1. The number of aliphatic hydroxyl groups is 1. The lowest BCUT2D eigenvalue weighted by Gasteiger charge is -2.26. The van der Waals surface area contributed by atoms with E-state index in [1.54, 1.807) is 32.0 Å². The molecule has 1 aliphatic rings. The van der Waals surface area contributed by atoms with E-state index in [9.17, 15) is 24.1 Å². The van der Waals surface area contributed by atoms with Crippen LogP contribution in [0.3, 0.4) is 0 Å². The minimum atomic E-state index is -4.57. The fourth-order valence-corrected chi connectivity index (χ4v) is 4.86. The number of nitrogens with two attached hydrogens (primary N) is 1. The second-order valence-electron chi connectivity index (χ2n) is 8.39. The Morgan fingerprint density at radius 1 is 1.34 bits per heavy atom. The Bertz CT molecular complexity index is 1360. The maximum absolute atomic E-state index is 13.6. The van der Waals surface area contributed by atoms with Crippen molar-refractivity contribution in [2.45, 2.75) is 57.0 Å². The molecule has 4 N–H and O–H groups in total. The van der Waals surface area contributed by atoms with E-state index >= 15 is 0 Å². The molecule has 206 valence electrons. The van der Waals surface area contributed by atoms with Crippen molar-refractivity contribution in [3.05, 3.63) is 57.4 Å². The van der Waals surface area contributed by atoms with Crippen LogP contribution in [0.15, 0.2) is 46.1 Å². The van der Waals surface area contributed by atoms with Gasteiger partial charge in [-0.05, 0) is 44.5 Å². The standard InChI is InChI=1S/C22H26ClN4O10P/c1-13(2)34-19(30)14(3)36-38(32,37-15-7-5-4-6-8-15)33-12-16-18(29)22(24,9-10-23)20(35-16)27-21(31)26-17(28)11-25-27/h4-8,11,13-14,16,18,20,29H,12,24H2,1-3H3,(H,26,28,31)/t14-,16+,18-,20+,22?,38-/m0/s1. The van der Waals surface area contributed by atoms with E-state index in [1.165, 1.54) is 19.1 Å². The predicted molar refractivity (Wildman–Crippen MR) is 132 cm³/mol. The number of esters is 1. The van der Waals surface area contributed by atoms with Crippen molar-refractivity contribution < 1.29 is 37.5 Å². The number of phosphoric acid groups is 1. The number of benzene rings is 1. The summed E-state index contributed by atoms with van der Waals surface area (Å²) in [6, 6.07) is 7.85. The highest BCUT2D eigenvalue weighted by Gasteiger charge is 2.56. The van der Waals surface area contributed by atoms with Gasteiger partial charge in [0.05, 0.1) is 12.7 Å².